The van der Waals surface area contributed by atoms with Gasteiger partial charge in [0.05, 0.1) is 0 Å². The first-order valence-corrected chi connectivity index (χ1v) is 5.24. The van der Waals surface area contributed by atoms with Gasteiger partial charge in [-0.15, -0.1) is 0 Å². The molecule has 0 aliphatic rings. The van der Waals surface area contributed by atoms with Gasteiger partial charge in [0.15, 0.2) is 0 Å². The van der Waals surface area contributed by atoms with Crippen LogP contribution in [-0.2, 0) is 4.74 Å². The van der Waals surface area contributed by atoms with Gasteiger partial charge in [-0.2, -0.15) is 0 Å². The van der Waals surface area contributed by atoms with Crippen LogP contribution in [0, 0.1) is 20.8 Å². The molecule has 1 nitrogen and oxygen atoms in total. The Morgan fingerprint density at radius 2 is 1.36 bits per heavy atom. The van der Waals surface area contributed by atoms with Gasteiger partial charge in [-0.25, -0.2) is 0 Å². The number of hydrogen-bond donors (Lipinski definition) is 0. The molecule has 0 aliphatic heterocycles. The summed E-state index contributed by atoms with van der Waals surface area (Å²) < 4.78 is 4.83. The predicted octanol–water partition coefficient (Wildman–Crippen LogP) is 3.65. The smallest absolute Gasteiger partial charge is 0.0437 e. The minimum atomic E-state index is 0.844. The molecule has 0 N–H and O–H groups in total. The Kier molecular flexibility index (Phi) is 7.13. The molecule has 0 atom stereocenters. The van der Waals surface area contributed by atoms with E-state index in [1.807, 2.05) is 13.8 Å². The van der Waals surface area contributed by atoms with Crippen molar-refractivity contribution in [3.05, 3.63) is 34.9 Å². The maximum atomic E-state index is 4.83. The lowest BCUT2D eigenvalue weighted by molar-refractivity contribution is 0.162. The van der Waals surface area contributed by atoms with E-state index in [0.29, 0.717) is 0 Å². The van der Waals surface area contributed by atoms with Gasteiger partial charge < -0.3 is 4.74 Å². The van der Waals surface area contributed by atoms with Crippen LogP contribution in [0.3, 0.4) is 0 Å². The third-order valence-corrected chi connectivity index (χ3v) is 2.28. The summed E-state index contributed by atoms with van der Waals surface area (Å²) >= 11 is 0. The number of aryl methyl sites for hydroxylation is 2. The Hall–Kier alpha value is -0.820. The van der Waals surface area contributed by atoms with Gasteiger partial charge in [-0.3, -0.25) is 0 Å². The van der Waals surface area contributed by atoms with E-state index in [1.165, 1.54) is 16.7 Å². The molecule has 1 rings (SSSR count). The molecule has 80 valence electrons. The molecule has 0 saturated carbocycles. The van der Waals surface area contributed by atoms with E-state index in [-0.39, 0.29) is 0 Å². The number of benzene rings is 1. The summed E-state index contributed by atoms with van der Waals surface area (Å²) in [5.41, 5.74) is 4.18. The highest BCUT2D eigenvalue weighted by molar-refractivity contribution is 5.31. The highest BCUT2D eigenvalue weighted by Crippen LogP contribution is 2.09. The second-order valence-electron chi connectivity index (χ2n) is 3.30. The zero-order chi connectivity index (χ0) is 11.0. The van der Waals surface area contributed by atoms with Gasteiger partial charge >= 0.3 is 0 Å². The van der Waals surface area contributed by atoms with E-state index in [2.05, 4.69) is 39.0 Å². The van der Waals surface area contributed by atoms with Crippen molar-refractivity contribution in [3.63, 3.8) is 0 Å². The first-order chi connectivity index (χ1) is 6.63. The van der Waals surface area contributed by atoms with E-state index < -0.39 is 0 Å². The minimum Gasteiger partial charge on any atom is -0.382 e. The Balaban J connectivity index is 0.000000292. The topological polar surface area (TPSA) is 9.23 Å². The van der Waals surface area contributed by atoms with Crippen LogP contribution in [0.2, 0.25) is 0 Å². The number of hydrogen-bond acceptors (Lipinski definition) is 1. The van der Waals surface area contributed by atoms with Crippen LogP contribution in [0.1, 0.15) is 30.5 Å². The quantitative estimate of drug-likeness (QED) is 0.698. The Morgan fingerprint density at radius 1 is 0.929 bits per heavy atom. The highest BCUT2D eigenvalue weighted by Gasteiger charge is 1.91. The first kappa shape index (κ1) is 13.2. The molecule has 0 aliphatic carbocycles. The fourth-order valence-electron chi connectivity index (χ4n) is 1.10. The van der Waals surface area contributed by atoms with E-state index in [0.717, 1.165) is 13.2 Å². The summed E-state index contributed by atoms with van der Waals surface area (Å²) in [6.07, 6.45) is 0. The zero-order valence-corrected chi connectivity index (χ0v) is 10.1. The van der Waals surface area contributed by atoms with E-state index in [9.17, 15) is 0 Å². The van der Waals surface area contributed by atoms with Crippen LogP contribution in [0.25, 0.3) is 0 Å². The van der Waals surface area contributed by atoms with Gasteiger partial charge in [-0.05, 0) is 51.3 Å². The van der Waals surface area contributed by atoms with Crippen LogP contribution >= 0.6 is 0 Å². The maximum Gasteiger partial charge on any atom is 0.0437 e. The summed E-state index contributed by atoms with van der Waals surface area (Å²) in [6.45, 7) is 12.1. The average molecular weight is 194 g/mol. The molecule has 0 saturated heterocycles. The molecule has 0 aromatic heterocycles. The first-order valence-electron chi connectivity index (χ1n) is 5.24. The van der Waals surface area contributed by atoms with Gasteiger partial charge in [-0.1, -0.05) is 18.2 Å². The lowest BCUT2D eigenvalue weighted by atomic mass is 10.1. The summed E-state index contributed by atoms with van der Waals surface area (Å²) in [5, 5.41) is 0. The lowest BCUT2D eigenvalue weighted by Gasteiger charge is -2.00. The van der Waals surface area contributed by atoms with Crippen LogP contribution < -0.4 is 0 Å². The predicted molar refractivity (Wildman–Crippen MR) is 62.8 cm³/mol. The normalized spacial score (nSPS) is 9.21. The summed E-state index contributed by atoms with van der Waals surface area (Å²) in [7, 11) is 0. The van der Waals surface area contributed by atoms with Crippen LogP contribution in [-0.4, -0.2) is 13.2 Å². The monoisotopic (exact) mass is 194 g/mol. The minimum absolute atomic E-state index is 0.844. The molecule has 0 amide bonds. The maximum absolute atomic E-state index is 4.83. The van der Waals surface area contributed by atoms with E-state index >= 15 is 0 Å². The molecular weight excluding hydrogens is 172 g/mol. The molecule has 0 heterocycles. The molecule has 0 spiro atoms. The molecule has 1 aromatic rings. The summed E-state index contributed by atoms with van der Waals surface area (Å²) in [5.74, 6) is 0. The fraction of sp³-hybridized carbons (Fsp3) is 0.538. The number of ether oxygens (including phenoxy) is 1. The summed E-state index contributed by atoms with van der Waals surface area (Å²) in [6, 6.07) is 6.38. The van der Waals surface area contributed by atoms with Crippen LogP contribution in [0.4, 0.5) is 0 Å². The second-order valence-corrected chi connectivity index (χ2v) is 3.30. The lowest BCUT2D eigenvalue weighted by Crippen LogP contribution is -1.84. The van der Waals surface area contributed by atoms with Crippen molar-refractivity contribution in [1.82, 2.24) is 0 Å². The highest BCUT2D eigenvalue weighted by atomic mass is 16.5. The molecule has 1 aromatic carbocycles. The Morgan fingerprint density at radius 3 is 1.57 bits per heavy atom. The van der Waals surface area contributed by atoms with Crippen molar-refractivity contribution in [2.75, 3.05) is 13.2 Å². The fourth-order valence-corrected chi connectivity index (χ4v) is 1.10. The van der Waals surface area contributed by atoms with Crippen LogP contribution in [0.5, 0.6) is 0 Å². The zero-order valence-electron chi connectivity index (χ0n) is 10.1. The number of rotatable bonds is 2. The Labute approximate surface area is 88.1 Å². The van der Waals surface area contributed by atoms with Crippen molar-refractivity contribution < 1.29 is 4.74 Å². The van der Waals surface area contributed by atoms with Crippen molar-refractivity contribution >= 4 is 0 Å². The second kappa shape index (κ2) is 7.57. The van der Waals surface area contributed by atoms with E-state index in [4.69, 9.17) is 4.74 Å². The summed E-state index contributed by atoms with van der Waals surface area (Å²) in [4.78, 5) is 0. The van der Waals surface area contributed by atoms with Gasteiger partial charge in [0, 0.05) is 13.2 Å². The molecule has 14 heavy (non-hydrogen) atoms. The molecule has 0 fully saturated rings. The molecule has 0 bridgehead atoms. The molecule has 0 unspecified atom stereocenters. The third kappa shape index (κ3) is 5.03. The van der Waals surface area contributed by atoms with Crippen molar-refractivity contribution in [3.8, 4) is 0 Å². The average Bonchev–Trinajstić information content (AvgIpc) is 2.16. The molecular formula is C13H22O. The van der Waals surface area contributed by atoms with Crippen molar-refractivity contribution in [1.29, 1.82) is 0 Å². The van der Waals surface area contributed by atoms with E-state index in [1.54, 1.807) is 0 Å². The van der Waals surface area contributed by atoms with Gasteiger partial charge in [0.25, 0.3) is 0 Å². The SMILES string of the molecule is CCOCC.Cc1cccc(C)c1C. The molecule has 1 heteroatoms. The largest absolute Gasteiger partial charge is 0.382 e. The van der Waals surface area contributed by atoms with Crippen molar-refractivity contribution in [2.24, 2.45) is 0 Å². The molecule has 0 radical (unpaired) electrons. The van der Waals surface area contributed by atoms with Crippen molar-refractivity contribution in [2.45, 2.75) is 34.6 Å². The standard InChI is InChI=1S/C9H12.C4H10O/c1-7-5-4-6-8(2)9(7)3;1-3-5-4-2/h4-6H,1-3H3;3-4H2,1-2H3. The Bertz CT molecular complexity index is 231. The van der Waals surface area contributed by atoms with Gasteiger partial charge in [0.1, 0.15) is 0 Å². The third-order valence-electron chi connectivity index (χ3n) is 2.28. The van der Waals surface area contributed by atoms with Gasteiger partial charge in [0.2, 0.25) is 0 Å². The van der Waals surface area contributed by atoms with Crippen LogP contribution in [0.15, 0.2) is 18.2 Å².